The Balaban J connectivity index is 3.10. The molecule has 0 unspecified atom stereocenters. The van der Waals surface area contributed by atoms with Crippen LogP contribution in [0.15, 0.2) is 0 Å². The molecule has 0 rings (SSSR count). The third kappa shape index (κ3) is 15.2. The number of rotatable bonds is 11. The molecule has 0 spiro atoms. The van der Waals surface area contributed by atoms with E-state index in [1.54, 1.807) is 0 Å². The highest BCUT2D eigenvalue weighted by atomic mass is 32.2. The van der Waals surface area contributed by atoms with Crippen LogP contribution in [0.2, 0.25) is 0 Å². The van der Waals surface area contributed by atoms with Gasteiger partial charge in [-0.25, -0.2) is 4.79 Å². The van der Waals surface area contributed by atoms with E-state index >= 15 is 0 Å². The van der Waals surface area contributed by atoms with E-state index in [9.17, 15) is 9.59 Å². The summed E-state index contributed by atoms with van der Waals surface area (Å²) in [6, 6.07) is 0. The molecule has 0 heterocycles. The van der Waals surface area contributed by atoms with E-state index in [-0.39, 0.29) is 0 Å². The van der Waals surface area contributed by atoms with E-state index in [1.807, 2.05) is 5.32 Å². The van der Waals surface area contributed by atoms with E-state index in [0.29, 0.717) is 5.75 Å². The maximum Gasteiger partial charge on any atom is 0.412 e. The summed E-state index contributed by atoms with van der Waals surface area (Å²) >= 11 is 1.05. The van der Waals surface area contributed by atoms with Gasteiger partial charge in [0, 0.05) is 5.75 Å². The normalized spacial score (nSPS) is 10.4. The number of thioether (sulfide) groups is 1. The second-order valence-electron chi connectivity index (χ2n) is 4.75. The van der Waals surface area contributed by atoms with Crippen LogP contribution >= 0.6 is 11.8 Å². The minimum Gasteiger partial charge on any atom is -0.465 e. The zero-order valence-electron chi connectivity index (χ0n) is 12.0. The molecule has 0 aliphatic heterocycles. The van der Waals surface area contributed by atoms with Gasteiger partial charge in [-0.2, -0.15) is 0 Å². The van der Waals surface area contributed by atoms with Gasteiger partial charge in [0.25, 0.3) is 5.24 Å². The van der Waals surface area contributed by atoms with Crippen molar-refractivity contribution < 1.29 is 14.7 Å². The van der Waals surface area contributed by atoms with Gasteiger partial charge in [0.2, 0.25) is 0 Å². The molecule has 2 amide bonds. The standard InChI is InChI=1S/C14H27NO3S/c1-2-3-4-5-6-7-8-9-10-11-12-19-14(18)15-13(16)17/h2-12H2,1H3,(H,15,18)(H,16,17). The van der Waals surface area contributed by atoms with Crippen molar-refractivity contribution in [2.24, 2.45) is 0 Å². The van der Waals surface area contributed by atoms with Gasteiger partial charge in [0.1, 0.15) is 0 Å². The minimum absolute atomic E-state index is 0.469. The number of nitrogens with one attached hydrogen (secondary N) is 1. The molecule has 0 radical (unpaired) electrons. The van der Waals surface area contributed by atoms with E-state index in [0.717, 1.165) is 24.6 Å². The van der Waals surface area contributed by atoms with E-state index < -0.39 is 11.3 Å². The molecule has 0 aliphatic carbocycles. The van der Waals surface area contributed by atoms with Crippen LogP contribution in [0.5, 0.6) is 0 Å². The van der Waals surface area contributed by atoms with Crippen molar-refractivity contribution in [2.75, 3.05) is 5.75 Å². The molecule has 112 valence electrons. The average Bonchev–Trinajstić information content (AvgIpc) is 2.35. The highest BCUT2D eigenvalue weighted by molar-refractivity contribution is 8.13. The lowest BCUT2D eigenvalue weighted by atomic mass is 10.1. The zero-order chi connectivity index (χ0) is 14.3. The minimum atomic E-state index is -1.28. The first kappa shape index (κ1) is 18.3. The molecule has 0 aromatic rings. The summed E-state index contributed by atoms with van der Waals surface area (Å²) in [4.78, 5) is 21.2. The fourth-order valence-electron chi connectivity index (χ4n) is 1.88. The second-order valence-corrected chi connectivity index (χ2v) is 5.82. The number of carboxylic acid groups (broad SMARTS) is 1. The van der Waals surface area contributed by atoms with Gasteiger partial charge in [0.15, 0.2) is 0 Å². The summed E-state index contributed by atoms with van der Waals surface area (Å²) in [7, 11) is 0. The molecule has 0 aliphatic rings. The van der Waals surface area contributed by atoms with Gasteiger partial charge in [0.05, 0.1) is 0 Å². The van der Waals surface area contributed by atoms with Gasteiger partial charge in [-0.15, -0.1) is 0 Å². The molecular weight excluding hydrogens is 262 g/mol. The van der Waals surface area contributed by atoms with Crippen LogP contribution in [0.3, 0.4) is 0 Å². The van der Waals surface area contributed by atoms with Crippen molar-refractivity contribution in [3.8, 4) is 0 Å². The Morgan fingerprint density at radius 1 is 0.895 bits per heavy atom. The number of hydrogen-bond donors (Lipinski definition) is 2. The topological polar surface area (TPSA) is 66.4 Å². The number of unbranched alkanes of at least 4 members (excludes halogenated alkanes) is 9. The molecule has 0 atom stereocenters. The van der Waals surface area contributed by atoms with Gasteiger partial charge in [-0.1, -0.05) is 76.5 Å². The Hall–Kier alpha value is -0.710. The summed E-state index contributed by atoms with van der Waals surface area (Å²) in [6.07, 6.45) is 11.4. The average molecular weight is 289 g/mol. The Labute approximate surface area is 120 Å². The zero-order valence-corrected chi connectivity index (χ0v) is 12.8. The SMILES string of the molecule is CCCCCCCCCCCCSC(=O)NC(=O)O. The third-order valence-corrected chi connectivity index (χ3v) is 3.80. The number of imide groups is 1. The fraction of sp³-hybridized carbons (Fsp3) is 0.857. The molecule has 19 heavy (non-hydrogen) atoms. The largest absolute Gasteiger partial charge is 0.465 e. The van der Waals surface area contributed by atoms with Crippen LogP contribution in [-0.4, -0.2) is 22.2 Å². The molecule has 0 bridgehead atoms. The lowest BCUT2D eigenvalue weighted by molar-refractivity contribution is 0.195. The van der Waals surface area contributed by atoms with Crippen LogP contribution in [0, 0.1) is 0 Å². The van der Waals surface area contributed by atoms with Crippen molar-refractivity contribution in [3.63, 3.8) is 0 Å². The van der Waals surface area contributed by atoms with E-state index in [4.69, 9.17) is 5.11 Å². The van der Waals surface area contributed by atoms with Crippen LogP contribution in [0.1, 0.15) is 71.1 Å². The van der Waals surface area contributed by atoms with Crippen molar-refractivity contribution >= 4 is 23.1 Å². The number of hydrogen-bond acceptors (Lipinski definition) is 3. The smallest absolute Gasteiger partial charge is 0.412 e. The Morgan fingerprint density at radius 2 is 1.37 bits per heavy atom. The first-order valence-corrected chi connectivity index (χ1v) is 8.32. The number of carbonyl (C=O) groups is 2. The van der Waals surface area contributed by atoms with E-state index in [2.05, 4.69) is 6.92 Å². The predicted molar refractivity (Wildman–Crippen MR) is 80.9 cm³/mol. The molecule has 0 aromatic heterocycles. The van der Waals surface area contributed by atoms with Crippen LogP contribution in [0.4, 0.5) is 9.59 Å². The Bertz CT molecular complexity index is 247. The molecule has 0 aromatic carbocycles. The van der Waals surface area contributed by atoms with Crippen molar-refractivity contribution in [3.05, 3.63) is 0 Å². The second kappa shape index (κ2) is 13.7. The first-order chi connectivity index (χ1) is 9.16. The maximum absolute atomic E-state index is 11.0. The summed E-state index contributed by atoms with van der Waals surface area (Å²) in [5.41, 5.74) is 0. The number of amides is 2. The molecular formula is C14H27NO3S. The third-order valence-electron chi connectivity index (χ3n) is 2.94. The van der Waals surface area contributed by atoms with Gasteiger partial charge in [-0.3, -0.25) is 10.1 Å². The molecule has 2 N–H and O–H groups in total. The van der Waals surface area contributed by atoms with Gasteiger partial charge < -0.3 is 5.11 Å². The monoisotopic (exact) mass is 289 g/mol. The highest BCUT2D eigenvalue weighted by Gasteiger charge is 2.04. The van der Waals surface area contributed by atoms with Crippen LogP contribution < -0.4 is 5.32 Å². The van der Waals surface area contributed by atoms with Crippen LogP contribution in [0.25, 0.3) is 0 Å². The first-order valence-electron chi connectivity index (χ1n) is 7.33. The lowest BCUT2D eigenvalue weighted by Crippen LogP contribution is -2.24. The van der Waals surface area contributed by atoms with Crippen molar-refractivity contribution in [1.29, 1.82) is 0 Å². The molecule has 5 heteroatoms. The van der Waals surface area contributed by atoms with Crippen molar-refractivity contribution in [1.82, 2.24) is 5.32 Å². The fourth-order valence-corrected chi connectivity index (χ4v) is 2.57. The molecule has 0 saturated heterocycles. The Morgan fingerprint density at radius 3 is 1.84 bits per heavy atom. The van der Waals surface area contributed by atoms with Gasteiger partial charge >= 0.3 is 6.09 Å². The highest BCUT2D eigenvalue weighted by Crippen LogP contribution is 2.12. The summed E-state index contributed by atoms with van der Waals surface area (Å²) < 4.78 is 0. The number of carbonyl (C=O) groups excluding carboxylic acids is 1. The molecule has 0 saturated carbocycles. The summed E-state index contributed by atoms with van der Waals surface area (Å²) in [5, 5.41) is 9.67. The molecule has 0 fully saturated rings. The predicted octanol–water partition coefficient (Wildman–Crippen LogP) is 5.03. The summed E-state index contributed by atoms with van der Waals surface area (Å²) in [5.74, 6) is 0.704. The molecule has 4 nitrogen and oxygen atoms in total. The van der Waals surface area contributed by atoms with E-state index in [1.165, 1.54) is 51.4 Å². The van der Waals surface area contributed by atoms with Crippen molar-refractivity contribution in [2.45, 2.75) is 71.1 Å². The lowest BCUT2D eigenvalue weighted by Gasteiger charge is -2.02. The van der Waals surface area contributed by atoms with Crippen LogP contribution in [-0.2, 0) is 0 Å². The quantitative estimate of drug-likeness (QED) is 0.524. The summed E-state index contributed by atoms with van der Waals surface area (Å²) in [6.45, 7) is 2.23. The Kier molecular flexibility index (Phi) is 13.2. The van der Waals surface area contributed by atoms with Gasteiger partial charge in [-0.05, 0) is 6.42 Å². The maximum atomic E-state index is 11.0.